The van der Waals surface area contributed by atoms with Gasteiger partial charge in [-0.1, -0.05) is 0 Å². The minimum absolute atomic E-state index is 0.149. The minimum Gasteiger partial charge on any atom is -0.354 e. The second-order valence-corrected chi connectivity index (χ2v) is 7.36. The van der Waals surface area contributed by atoms with Crippen LogP contribution in [0.4, 0.5) is 21.3 Å². The summed E-state index contributed by atoms with van der Waals surface area (Å²) in [6.45, 7) is 2.42. The number of benzene rings is 1. The molecule has 0 spiro atoms. The first-order chi connectivity index (χ1) is 12.4. The van der Waals surface area contributed by atoms with E-state index >= 15 is 0 Å². The molecule has 0 unspecified atom stereocenters. The fraction of sp³-hybridized carbons (Fsp3) is 0.389. The van der Waals surface area contributed by atoms with Crippen molar-refractivity contribution < 1.29 is 9.59 Å². The van der Waals surface area contributed by atoms with Crippen molar-refractivity contribution in [3.63, 3.8) is 0 Å². The Labute approximate surface area is 157 Å². The lowest BCUT2D eigenvalue weighted by molar-refractivity contribution is -0.117. The Kier molecular flexibility index (Phi) is 5.41. The highest BCUT2D eigenvalue weighted by Crippen LogP contribution is 2.27. The topological polar surface area (TPSA) is 77.6 Å². The first kappa shape index (κ1) is 18.2. The van der Waals surface area contributed by atoms with Crippen LogP contribution in [0.1, 0.15) is 25.5 Å². The summed E-state index contributed by atoms with van der Waals surface area (Å²) in [4.78, 5) is 32.2. The van der Waals surface area contributed by atoms with Crippen LogP contribution in [0, 0.1) is 0 Å². The van der Waals surface area contributed by atoms with Crippen molar-refractivity contribution in [1.29, 1.82) is 0 Å². The summed E-state index contributed by atoms with van der Waals surface area (Å²) in [5.41, 5.74) is 2.37. The molecule has 1 aliphatic rings. The molecule has 1 atom stereocenters. The van der Waals surface area contributed by atoms with Gasteiger partial charge in [0.05, 0.1) is 12.2 Å². The molecule has 1 aliphatic heterocycles. The van der Waals surface area contributed by atoms with Crippen LogP contribution in [0.2, 0.25) is 0 Å². The molecule has 2 aromatic rings. The van der Waals surface area contributed by atoms with Gasteiger partial charge < -0.3 is 20.4 Å². The van der Waals surface area contributed by atoms with Gasteiger partial charge in [0.25, 0.3) is 0 Å². The van der Waals surface area contributed by atoms with E-state index in [-0.39, 0.29) is 18.0 Å². The first-order valence-corrected chi connectivity index (χ1v) is 9.40. The largest absolute Gasteiger partial charge is 0.354 e. The fourth-order valence-corrected chi connectivity index (χ4v) is 3.62. The van der Waals surface area contributed by atoms with E-state index in [1.807, 2.05) is 48.3 Å². The Balaban J connectivity index is 1.53. The number of anilines is 3. The lowest BCUT2D eigenvalue weighted by Crippen LogP contribution is -2.30. The number of hydrogen-bond acceptors (Lipinski definition) is 5. The maximum atomic E-state index is 12.1. The lowest BCUT2D eigenvalue weighted by Gasteiger charge is -2.21. The maximum absolute atomic E-state index is 12.1. The molecule has 3 rings (SSSR count). The van der Waals surface area contributed by atoms with Crippen molar-refractivity contribution >= 4 is 39.8 Å². The Morgan fingerprint density at radius 2 is 2.08 bits per heavy atom. The number of thiazole rings is 1. The molecule has 1 saturated heterocycles. The van der Waals surface area contributed by atoms with Gasteiger partial charge in [-0.3, -0.25) is 4.79 Å². The van der Waals surface area contributed by atoms with Gasteiger partial charge >= 0.3 is 6.03 Å². The smallest absolute Gasteiger partial charge is 0.319 e. The molecule has 2 N–H and O–H groups in total. The molecule has 1 aromatic heterocycles. The average Bonchev–Trinajstić information content (AvgIpc) is 3.21. The number of urea groups is 1. The molecule has 1 fully saturated rings. The monoisotopic (exact) mass is 373 g/mol. The number of carbonyl (C=O) groups excluding carboxylic acids is 2. The molecular weight excluding hydrogens is 350 g/mol. The number of nitrogens with one attached hydrogen (secondary N) is 2. The van der Waals surface area contributed by atoms with E-state index in [2.05, 4.69) is 15.6 Å². The van der Waals surface area contributed by atoms with Crippen molar-refractivity contribution in [2.75, 3.05) is 29.2 Å². The molecular formula is C18H23N5O2S. The molecule has 3 amide bonds. The minimum atomic E-state index is -0.289. The Morgan fingerprint density at radius 1 is 1.35 bits per heavy atom. The van der Waals surface area contributed by atoms with Crippen molar-refractivity contribution in [1.82, 2.24) is 10.3 Å². The third-order valence-corrected chi connectivity index (χ3v) is 5.30. The Bertz CT molecular complexity index is 787. The van der Waals surface area contributed by atoms with Crippen molar-refractivity contribution in [3.05, 3.63) is 35.3 Å². The molecule has 26 heavy (non-hydrogen) atoms. The van der Waals surface area contributed by atoms with E-state index < -0.39 is 0 Å². The van der Waals surface area contributed by atoms with Gasteiger partial charge in [0.15, 0.2) is 5.13 Å². The third-order valence-electron chi connectivity index (χ3n) is 4.24. The van der Waals surface area contributed by atoms with Crippen LogP contribution in [-0.2, 0) is 11.3 Å². The van der Waals surface area contributed by atoms with E-state index in [1.54, 1.807) is 12.1 Å². The highest BCUT2D eigenvalue weighted by Gasteiger charge is 2.28. The van der Waals surface area contributed by atoms with Gasteiger partial charge in [-0.15, -0.1) is 11.3 Å². The van der Waals surface area contributed by atoms with E-state index in [1.165, 1.54) is 11.3 Å². The van der Waals surface area contributed by atoms with E-state index in [0.717, 1.165) is 22.9 Å². The number of carbonyl (C=O) groups is 2. The quantitative estimate of drug-likeness (QED) is 0.844. The lowest BCUT2D eigenvalue weighted by atomic mass is 10.2. The SMILES string of the molecule is C[C@H]1CCC(=O)N1c1ccc(NC(=O)NCc2csc(N(C)C)n2)cc1. The molecule has 8 heteroatoms. The molecule has 0 radical (unpaired) electrons. The zero-order chi connectivity index (χ0) is 18.7. The summed E-state index contributed by atoms with van der Waals surface area (Å²) >= 11 is 1.54. The first-order valence-electron chi connectivity index (χ1n) is 8.53. The van der Waals surface area contributed by atoms with Crippen LogP contribution in [0.5, 0.6) is 0 Å². The van der Waals surface area contributed by atoms with E-state index in [9.17, 15) is 9.59 Å². The fourth-order valence-electron chi connectivity index (χ4n) is 2.86. The van der Waals surface area contributed by atoms with Gasteiger partial charge in [0, 0.05) is 43.3 Å². The van der Waals surface area contributed by atoms with Crippen LogP contribution in [0.3, 0.4) is 0 Å². The van der Waals surface area contributed by atoms with Crippen molar-refractivity contribution in [2.24, 2.45) is 0 Å². The Morgan fingerprint density at radius 3 is 2.65 bits per heavy atom. The van der Waals surface area contributed by atoms with Gasteiger partial charge in [-0.05, 0) is 37.6 Å². The molecule has 2 heterocycles. The number of amides is 3. The number of nitrogens with zero attached hydrogens (tertiary/aromatic N) is 3. The van der Waals surface area contributed by atoms with Gasteiger partial charge in [0.2, 0.25) is 5.91 Å². The summed E-state index contributed by atoms with van der Waals surface area (Å²) in [5.74, 6) is 0.149. The normalized spacial score (nSPS) is 16.7. The number of hydrogen-bond donors (Lipinski definition) is 2. The zero-order valence-electron chi connectivity index (χ0n) is 15.2. The molecule has 0 aliphatic carbocycles. The van der Waals surface area contributed by atoms with Crippen molar-refractivity contribution in [2.45, 2.75) is 32.4 Å². The highest BCUT2D eigenvalue weighted by atomic mass is 32.1. The molecule has 138 valence electrons. The van der Waals surface area contributed by atoms with Crippen molar-refractivity contribution in [3.8, 4) is 0 Å². The van der Waals surface area contributed by atoms with Gasteiger partial charge in [-0.2, -0.15) is 0 Å². The van der Waals surface area contributed by atoms with Crippen LogP contribution in [-0.4, -0.2) is 37.1 Å². The van der Waals surface area contributed by atoms with E-state index in [0.29, 0.717) is 18.7 Å². The molecule has 1 aromatic carbocycles. The number of rotatable bonds is 5. The molecule has 7 nitrogen and oxygen atoms in total. The summed E-state index contributed by atoms with van der Waals surface area (Å²) in [6, 6.07) is 7.26. The van der Waals surface area contributed by atoms with Crippen LogP contribution < -0.4 is 20.4 Å². The van der Waals surface area contributed by atoms with E-state index in [4.69, 9.17) is 0 Å². The highest BCUT2D eigenvalue weighted by molar-refractivity contribution is 7.13. The maximum Gasteiger partial charge on any atom is 0.319 e. The molecule has 0 bridgehead atoms. The van der Waals surface area contributed by atoms with Crippen LogP contribution >= 0.6 is 11.3 Å². The Hall–Kier alpha value is -2.61. The number of aromatic nitrogens is 1. The second-order valence-electron chi connectivity index (χ2n) is 6.52. The summed E-state index contributed by atoms with van der Waals surface area (Å²) in [7, 11) is 3.87. The van der Waals surface area contributed by atoms with Crippen LogP contribution in [0.15, 0.2) is 29.6 Å². The molecule has 0 saturated carbocycles. The third kappa shape index (κ3) is 4.13. The summed E-state index contributed by atoms with van der Waals surface area (Å²) < 4.78 is 0. The second kappa shape index (κ2) is 7.74. The van der Waals surface area contributed by atoms with Gasteiger partial charge in [0.1, 0.15) is 0 Å². The summed E-state index contributed by atoms with van der Waals surface area (Å²) in [6.07, 6.45) is 1.48. The summed E-state index contributed by atoms with van der Waals surface area (Å²) in [5, 5.41) is 8.42. The predicted octanol–water partition coefficient (Wildman–Crippen LogP) is 3.05. The predicted molar refractivity (Wildman–Crippen MR) is 105 cm³/mol. The zero-order valence-corrected chi connectivity index (χ0v) is 16.0. The van der Waals surface area contributed by atoms with Gasteiger partial charge in [-0.25, -0.2) is 9.78 Å². The standard InChI is InChI=1S/C18H23N5O2S/c1-12-4-9-16(24)23(12)15-7-5-13(6-8-15)20-17(25)19-10-14-11-26-18(21-14)22(2)3/h5-8,11-12H,4,9-10H2,1-3H3,(H2,19,20,25)/t12-/m0/s1. The van der Waals surface area contributed by atoms with Crippen LogP contribution in [0.25, 0.3) is 0 Å². The average molecular weight is 373 g/mol.